The first kappa shape index (κ1) is 90.5. The summed E-state index contributed by atoms with van der Waals surface area (Å²) in [5, 5.41) is 0. The Morgan fingerprint density at radius 3 is 0.811 bits per heavy atom. The highest BCUT2D eigenvalue weighted by atomic mass is 19.3. The van der Waals surface area contributed by atoms with Gasteiger partial charge in [0, 0.05) is 0 Å². The van der Waals surface area contributed by atoms with Gasteiger partial charge in [0.15, 0.2) is 25.2 Å². The molecule has 0 spiro atoms. The van der Waals surface area contributed by atoms with Crippen molar-refractivity contribution in [2.24, 2.45) is 40.4 Å². The van der Waals surface area contributed by atoms with Gasteiger partial charge >= 0.3 is 97.0 Å². The molecule has 0 heterocycles. The van der Waals surface area contributed by atoms with E-state index >= 15 is 87.8 Å². The summed E-state index contributed by atoms with van der Waals surface area (Å²) in [5.41, 5.74) is -14.2. The van der Waals surface area contributed by atoms with Crippen LogP contribution in [0.25, 0.3) is 0 Å². The van der Waals surface area contributed by atoms with E-state index in [1.807, 2.05) is 0 Å². The highest BCUT2D eigenvalue weighted by molar-refractivity contribution is 5.73. The Labute approximate surface area is 533 Å². The third kappa shape index (κ3) is 27.0. The van der Waals surface area contributed by atoms with Crippen LogP contribution in [-0.2, 0) is 80.8 Å². The number of rotatable bonds is 52. The van der Waals surface area contributed by atoms with E-state index in [0.29, 0.717) is 0 Å². The molecule has 0 aliphatic carbocycles. The summed E-state index contributed by atoms with van der Waals surface area (Å²) < 4.78 is 400. The van der Waals surface area contributed by atoms with Crippen molar-refractivity contribution in [1.82, 2.24) is 0 Å². The van der Waals surface area contributed by atoms with Crippen LogP contribution < -0.4 is 0 Å². The van der Waals surface area contributed by atoms with E-state index in [0.717, 1.165) is 0 Å². The van der Waals surface area contributed by atoms with Crippen molar-refractivity contribution in [1.29, 1.82) is 0 Å². The van der Waals surface area contributed by atoms with Gasteiger partial charge in [0.2, 0.25) is 0 Å². The number of carbonyl (C=O) groups excluding carboxylic acids is 5. The summed E-state index contributed by atoms with van der Waals surface area (Å²) in [6.45, 7) is -23.3. The molecule has 0 bridgehead atoms. The van der Waals surface area contributed by atoms with Gasteiger partial charge in [-0.25, -0.2) is 26.3 Å². The van der Waals surface area contributed by atoms with Gasteiger partial charge in [-0.05, 0) is 64.2 Å². The van der Waals surface area contributed by atoms with Crippen molar-refractivity contribution in [3.05, 3.63) is 0 Å². The highest BCUT2D eigenvalue weighted by Gasteiger charge is 2.88. The molecular weight excluding hydrogens is 1360 g/mol. The van der Waals surface area contributed by atoms with Crippen LogP contribution in [0.3, 0.4) is 0 Å². The van der Waals surface area contributed by atoms with Gasteiger partial charge in [0.1, 0.15) is 19.8 Å². The maximum atomic E-state index is 17.6. The van der Waals surface area contributed by atoms with Crippen molar-refractivity contribution < 1.29 is 177 Å². The van der Waals surface area contributed by atoms with Gasteiger partial charge in [-0.2, -0.15) is 70.2 Å². The van der Waals surface area contributed by atoms with Crippen LogP contribution in [0.1, 0.15) is 146 Å². The van der Waals surface area contributed by atoms with Crippen molar-refractivity contribution >= 4 is 29.8 Å². The van der Waals surface area contributed by atoms with E-state index in [9.17, 15) is 32.8 Å². The van der Waals surface area contributed by atoms with Crippen LogP contribution in [0.15, 0.2) is 0 Å². The van der Waals surface area contributed by atoms with Crippen molar-refractivity contribution in [2.75, 3.05) is 72.7 Å². The maximum absolute atomic E-state index is 17.6. The molecule has 17 nitrogen and oxygen atoms in total. The predicted molar refractivity (Wildman–Crippen MR) is 282 cm³/mol. The Hall–Kier alpha value is -4.47. The molecule has 0 saturated carbocycles. The molecule has 0 amide bonds. The third-order valence-corrected chi connectivity index (χ3v) is 14.8. The monoisotopic (exact) mass is 1440 g/mol. The van der Waals surface area contributed by atoms with Crippen molar-refractivity contribution in [2.45, 2.75) is 213 Å². The normalized spacial score (nSPS) is 14.5. The number of hydrogen-bond donors (Lipinski definition) is 0. The summed E-state index contributed by atoms with van der Waals surface area (Å²) >= 11 is 0. The quantitative estimate of drug-likeness (QED) is 0.0316. The molecule has 0 aromatic heterocycles. The molecule has 0 aliphatic heterocycles. The van der Waals surface area contributed by atoms with Gasteiger partial charge < -0.3 is 37.9 Å². The summed E-state index contributed by atoms with van der Waals surface area (Å²) in [4.78, 5) is 62.0. The summed E-state index contributed by atoms with van der Waals surface area (Å²) in [6.07, 6.45) is -57.7. The fraction of sp³-hybridized carbons (Fsp3) is 0.911. The summed E-state index contributed by atoms with van der Waals surface area (Å²) in [7, 11) is 0. The molecule has 1 atom stereocenters. The molecule has 1 unspecified atom stereocenters. The zero-order valence-corrected chi connectivity index (χ0v) is 53.5. The van der Waals surface area contributed by atoms with Crippen molar-refractivity contribution in [3.63, 3.8) is 0 Å². The molecule has 0 aliphatic rings. The topological polar surface area (TPSA) is 196 Å². The van der Waals surface area contributed by atoms with Crippen LogP contribution in [0, 0.1) is 40.4 Å². The number of esters is 5. The lowest BCUT2D eigenvalue weighted by Gasteiger charge is -2.50. The number of halogens is 22. The average Bonchev–Trinajstić information content (AvgIpc) is 0.702. The lowest BCUT2D eigenvalue weighted by Crippen LogP contribution is -2.72. The molecular formula is C56H82F22O17. The smallest absolute Gasteiger partial charge is 0.385 e. The minimum Gasteiger partial charge on any atom is -0.465 e. The molecule has 95 heavy (non-hydrogen) atoms. The van der Waals surface area contributed by atoms with Crippen LogP contribution in [0.5, 0.6) is 0 Å². The molecule has 0 rings (SSSR count). The second kappa shape index (κ2) is 38.2. The molecule has 0 radical (unpaired) electrons. The molecule has 562 valence electrons. The van der Waals surface area contributed by atoms with Gasteiger partial charge in [-0.1, -0.05) is 69.2 Å². The fourth-order valence-corrected chi connectivity index (χ4v) is 8.53. The van der Waals surface area contributed by atoms with Crippen LogP contribution in [0.2, 0.25) is 0 Å². The number of carbonyl (C=O) groups is 5. The number of ether oxygens (including phenoxy) is 12. The Morgan fingerprint density at radius 2 is 0.537 bits per heavy atom. The zero-order chi connectivity index (χ0) is 74.1. The highest BCUT2D eigenvalue weighted by Crippen LogP contribution is 2.64. The molecule has 0 aromatic carbocycles. The van der Waals surface area contributed by atoms with Crippen LogP contribution in [-0.4, -0.2) is 170 Å². The Morgan fingerprint density at radius 1 is 0.295 bits per heavy atom. The van der Waals surface area contributed by atoms with Crippen molar-refractivity contribution in [3.8, 4) is 0 Å². The second-order valence-corrected chi connectivity index (χ2v) is 21.8. The van der Waals surface area contributed by atoms with Gasteiger partial charge in [-0.3, -0.25) is 42.9 Å². The van der Waals surface area contributed by atoms with Crippen LogP contribution in [0.4, 0.5) is 96.6 Å². The van der Waals surface area contributed by atoms with E-state index in [1.165, 1.54) is 69.2 Å². The first-order chi connectivity index (χ1) is 43.4. The van der Waals surface area contributed by atoms with E-state index in [2.05, 4.69) is 56.8 Å². The minimum absolute atomic E-state index is 0.0898. The molecule has 0 N–H and O–H groups in total. The predicted octanol–water partition coefficient (Wildman–Crippen LogP) is 15.0. The van der Waals surface area contributed by atoms with Crippen LogP contribution >= 0.6 is 0 Å². The largest absolute Gasteiger partial charge is 0.465 e. The first-order valence-corrected chi connectivity index (χ1v) is 29.8. The maximum Gasteiger partial charge on any atom is 0.385 e. The summed E-state index contributed by atoms with van der Waals surface area (Å²) in [5.74, 6) is -28.1. The summed E-state index contributed by atoms with van der Waals surface area (Å²) in [6, 6.07) is 0. The molecule has 0 aromatic rings. The second-order valence-electron chi connectivity index (χ2n) is 21.8. The van der Waals surface area contributed by atoms with E-state index < -0.39 is 223 Å². The van der Waals surface area contributed by atoms with E-state index in [4.69, 9.17) is 0 Å². The third-order valence-electron chi connectivity index (χ3n) is 14.8. The van der Waals surface area contributed by atoms with E-state index in [-0.39, 0.29) is 64.2 Å². The lowest BCUT2D eigenvalue weighted by molar-refractivity contribution is -0.565. The lowest BCUT2D eigenvalue weighted by atomic mass is 9.82. The minimum atomic E-state index is -8.33. The van der Waals surface area contributed by atoms with Gasteiger partial charge in [0.25, 0.3) is 5.41 Å². The number of alkyl halides is 22. The standard InChI is InChI=1S/C56H82F22O17/c1-11-34(12-2)39(79)87-23-21-50(65,66)93-52(69,70)45(25-84-27-46(59,60)30-89-41(81)36(15-5)16-6,26-85-28-47(61,62)31-90-42(82)37(17-7)18-8)53(71,72)95-56(77,78)49(54(73,74)92-44(57)58,33-86-29-48(63,64)32-91-43(83)38(19-9)20-10)55(75,76)94-51(67,68)22-24-88-40(80)35(13-3)14-4/h34-38,44H,11-33H2,1-10H3. The average molecular weight is 1450 g/mol. The fourth-order valence-electron chi connectivity index (χ4n) is 8.53. The van der Waals surface area contributed by atoms with E-state index in [1.54, 1.807) is 0 Å². The molecule has 0 fully saturated rings. The number of hydrogen-bond acceptors (Lipinski definition) is 17. The Balaban J connectivity index is 9.20. The SMILES string of the molecule is CCC(CC)C(=O)OCCC(F)(F)OC(F)(F)C(COCC(F)(F)COC(=O)C(CC)CC)(COCC(F)(F)COC(=O)C(CC)CC)C(F)(F)OC(F)(F)C(COCC(F)(F)COC(=O)C(CC)CC)(C(F)(F)OC(F)F)C(F)(F)OC(F)(F)CCOC(=O)C(CC)CC. The molecule has 0 saturated heterocycles. The Bertz CT molecular complexity index is 2260. The molecule has 39 heteroatoms. The first-order valence-electron chi connectivity index (χ1n) is 29.8. The van der Waals surface area contributed by atoms with Gasteiger partial charge in [0.05, 0.1) is 75.5 Å². The Kier molecular flexibility index (Phi) is 36.4. The zero-order valence-electron chi connectivity index (χ0n) is 53.5. The van der Waals surface area contributed by atoms with Gasteiger partial charge in [-0.15, -0.1) is 0 Å².